The third-order valence-corrected chi connectivity index (χ3v) is 4.73. The molecule has 27 heavy (non-hydrogen) atoms. The lowest BCUT2D eigenvalue weighted by Gasteiger charge is -2.33. The molecule has 0 spiro atoms. The van der Waals surface area contributed by atoms with Crippen LogP contribution in [0.5, 0.6) is 0 Å². The molecule has 0 atom stereocenters. The zero-order valence-electron chi connectivity index (χ0n) is 14.6. The molecule has 0 saturated carbocycles. The first-order valence-corrected chi connectivity index (χ1v) is 9.06. The SMILES string of the molecule is O=[N+]([O-])c1ccc(N2CCC(NC(=S)NCc3ccc(F)cc3)CC2)nc1. The number of aromatic nitrogens is 1. The summed E-state index contributed by atoms with van der Waals surface area (Å²) in [5.41, 5.74) is 0.951. The zero-order valence-corrected chi connectivity index (χ0v) is 15.4. The van der Waals surface area contributed by atoms with Gasteiger partial charge in [0.25, 0.3) is 5.69 Å². The maximum Gasteiger partial charge on any atom is 0.287 e. The topological polar surface area (TPSA) is 83.3 Å². The monoisotopic (exact) mass is 389 g/mol. The van der Waals surface area contributed by atoms with Crippen molar-refractivity contribution in [2.24, 2.45) is 0 Å². The molecular weight excluding hydrogens is 369 g/mol. The Kier molecular flexibility index (Phi) is 6.12. The summed E-state index contributed by atoms with van der Waals surface area (Å²) >= 11 is 5.34. The smallest absolute Gasteiger partial charge is 0.287 e. The molecule has 0 amide bonds. The number of nitro groups is 1. The van der Waals surface area contributed by atoms with Gasteiger partial charge in [-0.1, -0.05) is 12.1 Å². The highest BCUT2D eigenvalue weighted by molar-refractivity contribution is 7.80. The summed E-state index contributed by atoms with van der Waals surface area (Å²) in [6, 6.07) is 9.71. The summed E-state index contributed by atoms with van der Waals surface area (Å²) in [6.07, 6.45) is 3.06. The van der Waals surface area contributed by atoms with Crippen molar-refractivity contribution < 1.29 is 9.31 Å². The van der Waals surface area contributed by atoms with Crippen LogP contribution in [0.15, 0.2) is 42.6 Å². The molecule has 1 aromatic heterocycles. The van der Waals surface area contributed by atoms with Crippen molar-refractivity contribution in [1.29, 1.82) is 0 Å². The van der Waals surface area contributed by atoms with Crippen LogP contribution in [0.25, 0.3) is 0 Å². The average molecular weight is 389 g/mol. The normalized spacial score (nSPS) is 14.6. The average Bonchev–Trinajstić information content (AvgIpc) is 2.68. The third-order valence-electron chi connectivity index (χ3n) is 4.46. The van der Waals surface area contributed by atoms with Gasteiger partial charge in [-0.2, -0.15) is 0 Å². The van der Waals surface area contributed by atoms with E-state index >= 15 is 0 Å². The number of hydrogen-bond acceptors (Lipinski definition) is 5. The van der Waals surface area contributed by atoms with Crippen LogP contribution >= 0.6 is 12.2 Å². The first kappa shape index (κ1) is 19.0. The molecule has 9 heteroatoms. The van der Waals surface area contributed by atoms with E-state index in [1.165, 1.54) is 24.4 Å². The van der Waals surface area contributed by atoms with Crippen LogP contribution in [0.4, 0.5) is 15.9 Å². The highest BCUT2D eigenvalue weighted by Crippen LogP contribution is 2.20. The number of pyridine rings is 1. The van der Waals surface area contributed by atoms with Gasteiger partial charge in [-0.25, -0.2) is 9.37 Å². The van der Waals surface area contributed by atoms with Crippen LogP contribution < -0.4 is 15.5 Å². The van der Waals surface area contributed by atoms with Gasteiger partial charge in [-0.05, 0) is 48.8 Å². The van der Waals surface area contributed by atoms with E-state index in [2.05, 4.69) is 20.5 Å². The van der Waals surface area contributed by atoms with Crippen molar-refractivity contribution in [1.82, 2.24) is 15.6 Å². The van der Waals surface area contributed by atoms with Gasteiger partial charge in [0, 0.05) is 31.7 Å². The molecule has 2 aromatic rings. The summed E-state index contributed by atoms with van der Waals surface area (Å²) in [4.78, 5) is 16.5. The second-order valence-corrected chi connectivity index (χ2v) is 6.75. The van der Waals surface area contributed by atoms with Crippen LogP contribution in [0, 0.1) is 15.9 Å². The van der Waals surface area contributed by atoms with E-state index < -0.39 is 4.92 Å². The molecule has 3 rings (SSSR count). The van der Waals surface area contributed by atoms with Crippen molar-refractivity contribution in [3.63, 3.8) is 0 Å². The van der Waals surface area contributed by atoms with Crippen molar-refractivity contribution in [3.8, 4) is 0 Å². The largest absolute Gasteiger partial charge is 0.360 e. The van der Waals surface area contributed by atoms with Gasteiger partial charge >= 0.3 is 0 Å². The van der Waals surface area contributed by atoms with Crippen molar-refractivity contribution in [3.05, 3.63) is 64.1 Å². The molecule has 0 radical (unpaired) electrons. The lowest BCUT2D eigenvalue weighted by Crippen LogP contribution is -2.47. The fourth-order valence-electron chi connectivity index (χ4n) is 2.95. The Hall–Kier alpha value is -2.81. The number of thiocarbonyl (C=S) groups is 1. The number of hydrogen-bond donors (Lipinski definition) is 2. The van der Waals surface area contributed by atoms with Crippen LogP contribution in [0.3, 0.4) is 0 Å². The zero-order chi connectivity index (χ0) is 19.2. The minimum absolute atomic E-state index is 0.00659. The van der Waals surface area contributed by atoms with Crippen LogP contribution in [-0.4, -0.2) is 34.2 Å². The Morgan fingerprint density at radius 2 is 1.96 bits per heavy atom. The number of piperidine rings is 1. The van der Waals surface area contributed by atoms with Gasteiger partial charge in [-0.15, -0.1) is 0 Å². The lowest BCUT2D eigenvalue weighted by molar-refractivity contribution is -0.385. The van der Waals surface area contributed by atoms with E-state index in [4.69, 9.17) is 12.2 Å². The Bertz CT molecular complexity index is 792. The van der Waals surface area contributed by atoms with Gasteiger partial charge in [0.1, 0.15) is 17.8 Å². The summed E-state index contributed by atoms with van der Waals surface area (Å²) in [5.74, 6) is 0.491. The van der Waals surface area contributed by atoms with Crippen LogP contribution in [0.2, 0.25) is 0 Å². The standard InChI is InChI=1S/C18H20FN5O2S/c19-14-3-1-13(2-4-14)11-21-18(27)22-15-7-9-23(10-8-15)17-6-5-16(12-20-17)24(25)26/h1-6,12,15H,7-11H2,(H2,21,22,27). The molecular formula is C18H20FN5O2S. The number of anilines is 1. The number of nitrogens with zero attached hydrogens (tertiary/aromatic N) is 3. The summed E-state index contributed by atoms with van der Waals surface area (Å²) in [7, 11) is 0. The van der Waals surface area contributed by atoms with Crippen LogP contribution in [-0.2, 0) is 6.54 Å². The quantitative estimate of drug-likeness (QED) is 0.462. The Morgan fingerprint density at radius 1 is 1.26 bits per heavy atom. The molecule has 142 valence electrons. The van der Waals surface area contributed by atoms with Crippen LogP contribution in [0.1, 0.15) is 18.4 Å². The fourth-order valence-corrected chi connectivity index (χ4v) is 3.19. The van der Waals surface area contributed by atoms with Crippen molar-refractivity contribution in [2.75, 3.05) is 18.0 Å². The van der Waals surface area contributed by atoms with Gasteiger partial charge < -0.3 is 15.5 Å². The summed E-state index contributed by atoms with van der Waals surface area (Å²) in [5, 5.41) is 17.7. The molecule has 1 aliphatic rings. The first-order chi connectivity index (χ1) is 13.0. The Labute approximate surface area is 161 Å². The molecule has 0 aliphatic carbocycles. The number of benzene rings is 1. The summed E-state index contributed by atoms with van der Waals surface area (Å²) in [6.45, 7) is 2.13. The van der Waals surface area contributed by atoms with Gasteiger partial charge in [-0.3, -0.25) is 10.1 Å². The van der Waals surface area contributed by atoms with Gasteiger partial charge in [0.2, 0.25) is 0 Å². The summed E-state index contributed by atoms with van der Waals surface area (Å²) < 4.78 is 12.9. The van der Waals surface area contributed by atoms with Gasteiger partial charge in [0.15, 0.2) is 5.11 Å². The Morgan fingerprint density at radius 3 is 2.56 bits per heavy atom. The first-order valence-electron chi connectivity index (χ1n) is 8.65. The molecule has 1 saturated heterocycles. The fraction of sp³-hybridized carbons (Fsp3) is 0.333. The highest BCUT2D eigenvalue weighted by atomic mass is 32.1. The van der Waals surface area contributed by atoms with Crippen molar-refractivity contribution >= 4 is 28.8 Å². The molecule has 7 nitrogen and oxygen atoms in total. The Balaban J connectivity index is 1.42. The predicted octanol–water partition coefficient (Wildman–Crippen LogP) is 2.76. The third kappa shape index (κ3) is 5.33. The van der Waals surface area contributed by atoms with E-state index in [1.54, 1.807) is 18.2 Å². The van der Waals surface area contributed by atoms with Gasteiger partial charge in [0.05, 0.1) is 4.92 Å². The van der Waals surface area contributed by atoms with Crippen molar-refractivity contribution in [2.45, 2.75) is 25.4 Å². The molecule has 1 fully saturated rings. The lowest BCUT2D eigenvalue weighted by atomic mass is 10.1. The minimum atomic E-state index is -0.452. The number of rotatable bonds is 5. The second kappa shape index (κ2) is 8.72. The van der Waals surface area contributed by atoms with E-state index in [-0.39, 0.29) is 17.5 Å². The molecule has 1 aliphatic heterocycles. The molecule has 0 unspecified atom stereocenters. The molecule has 1 aromatic carbocycles. The maximum absolute atomic E-state index is 12.9. The van der Waals surface area contributed by atoms with E-state index in [1.807, 2.05) is 0 Å². The van der Waals surface area contributed by atoms with E-state index in [0.29, 0.717) is 11.7 Å². The molecule has 0 bridgehead atoms. The second-order valence-electron chi connectivity index (χ2n) is 6.35. The molecule has 2 N–H and O–H groups in total. The number of halogens is 1. The predicted molar refractivity (Wildman–Crippen MR) is 105 cm³/mol. The molecule has 2 heterocycles. The van der Waals surface area contributed by atoms with E-state index in [0.717, 1.165) is 37.3 Å². The highest BCUT2D eigenvalue weighted by Gasteiger charge is 2.21. The van der Waals surface area contributed by atoms with E-state index in [9.17, 15) is 14.5 Å². The minimum Gasteiger partial charge on any atom is -0.360 e. The number of nitrogens with one attached hydrogen (secondary N) is 2. The maximum atomic E-state index is 12.9.